The molecule has 1 saturated heterocycles. The lowest BCUT2D eigenvalue weighted by atomic mass is 9.95. The van der Waals surface area contributed by atoms with Crippen LogP contribution in [0.5, 0.6) is 0 Å². The lowest BCUT2D eigenvalue weighted by Crippen LogP contribution is -2.45. The summed E-state index contributed by atoms with van der Waals surface area (Å²) in [4.78, 5) is 11.5. The number of guanidine groups is 1. The zero-order chi connectivity index (χ0) is 18.9. The van der Waals surface area contributed by atoms with Crippen LogP contribution in [0, 0.1) is 0 Å². The smallest absolute Gasteiger partial charge is 0.191 e. The van der Waals surface area contributed by atoms with Gasteiger partial charge in [-0.1, -0.05) is 19.3 Å². The normalized spacial score (nSPS) is 24.4. The second-order valence-corrected chi connectivity index (χ2v) is 8.85. The first kappa shape index (κ1) is 20.3. The van der Waals surface area contributed by atoms with Gasteiger partial charge in [0.15, 0.2) is 5.96 Å². The average Bonchev–Trinajstić information content (AvgIpc) is 3.01. The molecule has 1 saturated carbocycles. The molecule has 2 fully saturated rings. The van der Waals surface area contributed by atoms with Gasteiger partial charge < -0.3 is 15.5 Å². The van der Waals surface area contributed by atoms with Gasteiger partial charge in [-0.3, -0.25) is 4.99 Å². The summed E-state index contributed by atoms with van der Waals surface area (Å²) < 4.78 is 0. The molecule has 1 aromatic rings. The number of nitrogens with zero attached hydrogens (tertiary/aromatic N) is 3. The lowest BCUT2D eigenvalue weighted by Gasteiger charge is -2.30. The molecule has 2 heterocycles. The molecular formula is C21H35N5S. The fourth-order valence-electron chi connectivity index (χ4n) is 4.11. The Morgan fingerprint density at radius 1 is 1.22 bits per heavy atom. The molecule has 2 aliphatic rings. The van der Waals surface area contributed by atoms with Crippen molar-refractivity contribution in [1.82, 2.24) is 15.6 Å². The van der Waals surface area contributed by atoms with Crippen molar-refractivity contribution in [1.29, 1.82) is 0 Å². The Morgan fingerprint density at radius 2 is 2.04 bits per heavy atom. The molecule has 5 nitrogen and oxygen atoms in total. The van der Waals surface area contributed by atoms with Crippen molar-refractivity contribution < 1.29 is 0 Å². The van der Waals surface area contributed by atoms with Crippen LogP contribution in [0.3, 0.4) is 0 Å². The van der Waals surface area contributed by atoms with Gasteiger partial charge >= 0.3 is 0 Å². The van der Waals surface area contributed by atoms with Crippen molar-refractivity contribution in [2.24, 2.45) is 4.99 Å². The van der Waals surface area contributed by atoms with Gasteiger partial charge in [-0.15, -0.1) is 0 Å². The van der Waals surface area contributed by atoms with Gasteiger partial charge in [0, 0.05) is 44.2 Å². The number of nitrogens with one attached hydrogen (secondary N) is 2. The first-order valence-corrected chi connectivity index (χ1v) is 11.8. The maximum absolute atomic E-state index is 4.61. The third-order valence-electron chi connectivity index (χ3n) is 5.72. The number of hydrogen-bond acceptors (Lipinski definition) is 4. The van der Waals surface area contributed by atoms with Crippen molar-refractivity contribution in [2.75, 3.05) is 31.3 Å². The molecule has 3 rings (SSSR count). The number of anilines is 1. The molecule has 0 radical (unpaired) electrons. The van der Waals surface area contributed by atoms with Crippen molar-refractivity contribution in [3.8, 4) is 0 Å². The number of rotatable bonds is 5. The Balaban J connectivity index is 1.53. The molecule has 0 amide bonds. The molecule has 2 atom stereocenters. The highest BCUT2D eigenvalue weighted by molar-refractivity contribution is 7.99. The summed E-state index contributed by atoms with van der Waals surface area (Å²) in [6, 6.07) is 4.87. The molecule has 1 aliphatic carbocycles. The maximum Gasteiger partial charge on any atom is 0.191 e. The minimum atomic E-state index is 0.535. The van der Waals surface area contributed by atoms with Gasteiger partial charge in [0.1, 0.15) is 5.82 Å². The summed E-state index contributed by atoms with van der Waals surface area (Å²) in [7, 11) is 1.86. The largest absolute Gasteiger partial charge is 0.357 e. The highest BCUT2D eigenvalue weighted by Gasteiger charge is 2.21. The number of aliphatic imine (C=N–C) groups is 1. The molecule has 0 bridgehead atoms. The van der Waals surface area contributed by atoms with Crippen LogP contribution in [0.4, 0.5) is 5.82 Å². The van der Waals surface area contributed by atoms with E-state index in [-0.39, 0.29) is 0 Å². The Bertz CT molecular complexity index is 598. The van der Waals surface area contributed by atoms with Crippen LogP contribution in [0.15, 0.2) is 23.3 Å². The number of aromatic nitrogens is 1. The van der Waals surface area contributed by atoms with E-state index in [1.54, 1.807) is 0 Å². The van der Waals surface area contributed by atoms with E-state index >= 15 is 0 Å². The monoisotopic (exact) mass is 389 g/mol. The van der Waals surface area contributed by atoms with Crippen LogP contribution >= 0.6 is 11.8 Å². The van der Waals surface area contributed by atoms with E-state index in [1.165, 1.54) is 56.9 Å². The fraction of sp³-hybridized carbons (Fsp3) is 0.714. The van der Waals surface area contributed by atoms with Crippen LogP contribution in [-0.2, 0) is 6.54 Å². The molecule has 1 aliphatic heterocycles. The van der Waals surface area contributed by atoms with Crippen LogP contribution in [0.25, 0.3) is 0 Å². The molecule has 150 valence electrons. The molecule has 0 spiro atoms. The summed E-state index contributed by atoms with van der Waals surface area (Å²) in [6.07, 6.45) is 14.5. The van der Waals surface area contributed by atoms with E-state index in [1.807, 2.05) is 25.0 Å². The van der Waals surface area contributed by atoms with Crippen molar-refractivity contribution in [2.45, 2.75) is 69.2 Å². The van der Waals surface area contributed by atoms with Gasteiger partial charge in [0.2, 0.25) is 0 Å². The predicted molar refractivity (Wildman–Crippen MR) is 118 cm³/mol. The van der Waals surface area contributed by atoms with Gasteiger partial charge in [0.05, 0.1) is 0 Å². The quantitative estimate of drug-likeness (QED) is 0.593. The van der Waals surface area contributed by atoms with Gasteiger partial charge in [0.25, 0.3) is 0 Å². The molecule has 27 heavy (non-hydrogen) atoms. The Morgan fingerprint density at radius 3 is 2.78 bits per heavy atom. The van der Waals surface area contributed by atoms with Crippen LogP contribution < -0.4 is 15.5 Å². The summed E-state index contributed by atoms with van der Waals surface area (Å²) in [5.41, 5.74) is 1.26. The Kier molecular flexibility index (Phi) is 8.11. The van der Waals surface area contributed by atoms with E-state index in [4.69, 9.17) is 0 Å². The zero-order valence-corrected chi connectivity index (χ0v) is 17.7. The van der Waals surface area contributed by atoms with Crippen molar-refractivity contribution >= 4 is 23.5 Å². The van der Waals surface area contributed by atoms with E-state index in [0.29, 0.717) is 6.04 Å². The second kappa shape index (κ2) is 10.8. The van der Waals surface area contributed by atoms with E-state index < -0.39 is 0 Å². The predicted octanol–water partition coefficient (Wildman–Crippen LogP) is 3.80. The van der Waals surface area contributed by atoms with Gasteiger partial charge in [-0.2, -0.15) is 11.8 Å². The molecule has 0 aromatic carbocycles. The summed E-state index contributed by atoms with van der Waals surface area (Å²) in [6.45, 7) is 3.04. The minimum Gasteiger partial charge on any atom is -0.357 e. The van der Waals surface area contributed by atoms with Crippen LogP contribution in [0.1, 0.15) is 56.9 Å². The van der Waals surface area contributed by atoms with Gasteiger partial charge in [-0.05, 0) is 56.1 Å². The standard InChI is InChI=1S/C21H35N5S/c1-22-21(25-18-8-7-9-19(15-18)27-2)24-16-17-10-11-23-20(14-17)26-12-5-3-4-6-13-26/h10-11,14,18-19H,3-9,12-13,15-16H2,1-2H3,(H2,22,24,25). The third kappa shape index (κ3) is 6.30. The summed E-state index contributed by atoms with van der Waals surface area (Å²) >= 11 is 2.00. The zero-order valence-electron chi connectivity index (χ0n) is 16.9. The van der Waals surface area contributed by atoms with Crippen LogP contribution in [0.2, 0.25) is 0 Å². The Labute approximate surface area is 168 Å². The SMILES string of the molecule is CN=C(NCc1ccnc(N2CCCCCC2)c1)NC1CCCC(SC)C1. The number of thioether (sulfide) groups is 1. The van der Waals surface area contributed by atoms with Crippen molar-refractivity contribution in [3.05, 3.63) is 23.9 Å². The van der Waals surface area contributed by atoms with E-state index in [2.05, 4.69) is 43.9 Å². The minimum absolute atomic E-state index is 0.535. The molecule has 1 aromatic heterocycles. The number of pyridine rings is 1. The lowest BCUT2D eigenvalue weighted by molar-refractivity contribution is 0.419. The highest BCUT2D eigenvalue weighted by Crippen LogP contribution is 2.26. The van der Waals surface area contributed by atoms with Crippen LogP contribution in [-0.4, -0.2) is 48.6 Å². The molecule has 6 heteroatoms. The first-order valence-electron chi connectivity index (χ1n) is 10.5. The maximum atomic E-state index is 4.61. The first-order chi connectivity index (χ1) is 13.3. The Hall–Kier alpha value is -1.43. The average molecular weight is 390 g/mol. The fourth-order valence-corrected chi connectivity index (χ4v) is 4.93. The second-order valence-electron chi connectivity index (χ2n) is 7.71. The summed E-state index contributed by atoms with van der Waals surface area (Å²) in [5.74, 6) is 2.03. The highest BCUT2D eigenvalue weighted by atomic mass is 32.2. The van der Waals surface area contributed by atoms with E-state index in [0.717, 1.165) is 36.7 Å². The molecule has 2 N–H and O–H groups in total. The van der Waals surface area contributed by atoms with Gasteiger partial charge in [-0.25, -0.2) is 4.98 Å². The topological polar surface area (TPSA) is 52.6 Å². The van der Waals surface area contributed by atoms with E-state index in [9.17, 15) is 0 Å². The molecule has 2 unspecified atom stereocenters. The van der Waals surface area contributed by atoms with Crippen molar-refractivity contribution in [3.63, 3.8) is 0 Å². The number of hydrogen-bond donors (Lipinski definition) is 2. The summed E-state index contributed by atoms with van der Waals surface area (Å²) in [5, 5.41) is 7.90. The molecular weight excluding hydrogens is 354 g/mol. The third-order valence-corrected chi connectivity index (χ3v) is 6.82.